The summed E-state index contributed by atoms with van der Waals surface area (Å²) in [5.74, 6) is 0.979. The zero-order chi connectivity index (χ0) is 20.2. The molecule has 6 heteroatoms. The SMILES string of the molecule is COc1cc(O)ccc1[C@H]1CC(=O)c2c(O)c(C)c3c(c2O1)C=CC(C)(C)O3. The van der Waals surface area contributed by atoms with E-state index in [0.717, 1.165) is 0 Å². The molecule has 0 unspecified atom stereocenters. The van der Waals surface area contributed by atoms with Crippen molar-refractivity contribution >= 4 is 11.9 Å². The van der Waals surface area contributed by atoms with E-state index >= 15 is 0 Å². The Bertz CT molecular complexity index is 1020. The zero-order valence-electron chi connectivity index (χ0n) is 16.2. The monoisotopic (exact) mass is 382 g/mol. The van der Waals surface area contributed by atoms with E-state index in [4.69, 9.17) is 14.2 Å². The lowest BCUT2D eigenvalue weighted by Gasteiger charge is -2.34. The van der Waals surface area contributed by atoms with Gasteiger partial charge in [-0.3, -0.25) is 4.79 Å². The van der Waals surface area contributed by atoms with Gasteiger partial charge in [0.25, 0.3) is 0 Å². The quantitative estimate of drug-likeness (QED) is 0.805. The molecule has 0 fully saturated rings. The number of benzene rings is 2. The molecule has 2 heterocycles. The molecule has 0 radical (unpaired) electrons. The Labute approximate surface area is 163 Å². The molecule has 0 aliphatic carbocycles. The number of aromatic hydroxyl groups is 2. The van der Waals surface area contributed by atoms with Gasteiger partial charge in [0.05, 0.1) is 19.1 Å². The van der Waals surface area contributed by atoms with Crippen LogP contribution in [0.25, 0.3) is 6.08 Å². The lowest BCUT2D eigenvalue weighted by Crippen LogP contribution is -2.29. The van der Waals surface area contributed by atoms with Crippen molar-refractivity contribution in [2.75, 3.05) is 7.11 Å². The average molecular weight is 382 g/mol. The van der Waals surface area contributed by atoms with Crippen molar-refractivity contribution in [1.82, 2.24) is 0 Å². The van der Waals surface area contributed by atoms with Crippen LogP contribution in [0, 0.1) is 6.92 Å². The molecule has 1 atom stereocenters. The van der Waals surface area contributed by atoms with Gasteiger partial charge in [0, 0.05) is 17.2 Å². The summed E-state index contributed by atoms with van der Waals surface area (Å²) in [6.07, 6.45) is 3.21. The van der Waals surface area contributed by atoms with Crippen molar-refractivity contribution in [3.05, 3.63) is 46.5 Å². The van der Waals surface area contributed by atoms with Gasteiger partial charge in [0.15, 0.2) is 5.78 Å². The maximum absolute atomic E-state index is 12.9. The summed E-state index contributed by atoms with van der Waals surface area (Å²) in [6.45, 7) is 5.56. The minimum absolute atomic E-state index is 0.0516. The van der Waals surface area contributed by atoms with Crippen LogP contribution in [0.3, 0.4) is 0 Å². The first-order valence-corrected chi connectivity index (χ1v) is 9.06. The van der Waals surface area contributed by atoms with E-state index in [-0.39, 0.29) is 29.3 Å². The van der Waals surface area contributed by atoms with Crippen molar-refractivity contribution < 1.29 is 29.2 Å². The summed E-state index contributed by atoms with van der Waals surface area (Å²) in [5.41, 5.74) is 1.45. The fraction of sp³-hybridized carbons (Fsp3) is 0.318. The molecule has 146 valence electrons. The zero-order valence-corrected chi connectivity index (χ0v) is 16.2. The van der Waals surface area contributed by atoms with Crippen LogP contribution in [0.1, 0.15) is 53.4 Å². The first-order valence-electron chi connectivity index (χ1n) is 9.06. The van der Waals surface area contributed by atoms with Crippen LogP contribution in [0.4, 0.5) is 0 Å². The molecule has 2 aliphatic heterocycles. The van der Waals surface area contributed by atoms with E-state index in [1.165, 1.54) is 19.2 Å². The van der Waals surface area contributed by atoms with Crippen LogP contribution < -0.4 is 14.2 Å². The van der Waals surface area contributed by atoms with Gasteiger partial charge in [0.1, 0.15) is 46.0 Å². The lowest BCUT2D eigenvalue weighted by molar-refractivity contribution is 0.0837. The fourth-order valence-corrected chi connectivity index (χ4v) is 3.68. The van der Waals surface area contributed by atoms with Crippen LogP contribution in [0.2, 0.25) is 0 Å². The minimum Gasteiger partial charge on any atom is -0.508 e. The number of carbonyl (C=O) groups is 1. The van der Waals surface area contributed by atoms with Crippen molar-refractivity contribution in [1.29, 1.82) is 0 Å². The number of carbonyl (C=O) groups excluding carboxylic acids is 1. The maximum Gasteiger partial charge on any atom is 0.174 e. The first-order chi connectivity index (χ1) is 13.2. The third-order valence-electron chi connectivity index (χ3n) is 5.14. The minimum atomic E-state index is -0.606. The van der Waals surface area contributed by atoms with Gasteiger partial charge in [-0.1, -0.05) is 0 Å². The van der Waals surface area contributed by atoms with Gasteiger partial charge in [-0.25, -0.2) is 0 Å². The molecule has 0 saturated heterocycles. The highest BCUT2D eigenvalue weighted by Gasteiger charge is 2.38. The molecule has 0 saturated carbocycles. The molecule has 0 aromatic heterocycles. The Hall–Kier alpha value is -3.15. The van der Waals surface area contributed by atoms with Crippen LogP contribution in [0.15, 0.2) is 24.3 Å². The van der Waals surface area contributed by atoms with Gasteiger partial charge < -0.3 is 24.4 Å². The Morgan fingerprint density at radius 3 is 2.68 bits per heavy atom. The van der Waals surface area contributed by atoms with Crippen LogP contribution in [-0.4, -0.2) is 28.7 Å². The van der Waals surface area contributed by atoms with Crippen LogP contribution >= 0.6 is 0 Å². The molecule has 2 aromatic carbocycles. The second kappa shape index (κ2) is 6.19. The molecule has 2 aliphatic rings. The highest BCUT2D eigenvalue weighted by Crippen LogP contribution is 2.51. The Morgan fingerprint density at radius 2 is 1.96 bits per heavy atom. The number of Topliss-reactive ketones (excluding diaryl/α,β-unsaturated/α-hetero) is 1. The smallest absolute Gasteiger partial charge is 0.174 e. The molecule has 0 bridgehead atoms. The molecule has 0 amide bonds. The summed E-state index contributed by atoms with van der Waals surface area (Å²) in [4.78, 5) is 12.9. The number of methoxy groups -OCH3 is 1. The van der Waals surface area contributed by atoms with E-state index in [1.807, 2.05) is 26.0 Å². The molecular weight excluding hydrogens is 360 g/mol. The maximum atomic E-state index is 12.9. The molecule has 0 spiro atoms. The van der Waals surface area contributed by atoms with E-state index in [9.17, 15) is 15.0 Å². The summed E-state index contributed by atoms with van der Waals surface area (Å²) < 4.78 is 17.6. The van der Waals surface area contributed by atoms with E-state index < -0.39 is 11.7 Å². The first kappa shape index (κ1) is 18.2. The number of hydrogen-bond donors (Lipinski definition) is 2. The molecular formula is C22H22O6. The van der Waals surface area contributed by atoms with E-state index in [1.54, 1.807) is 13.0 Å². The average Bonchev–Trinajstić information content (AvgIpc) is 2.64. The van der Waals surface area contributed by atoms with Crippen LogP contribution in [-0.2, 0) is 0 Å². The number of ether oxygens (including phenoxy) is 3. The second-order valence-corrected chi connectivity index (χ2v) is 7.62. The summed E-state index contributed by atoms with van der Waals surface area (Å²) in [6, 6.07) is 4.67. The highest BCUT2D eigenvalue weighted by atomic mass is 16.5. The Morgan fingerprint density at radius 1 is 1.21 bits per heavy atom. The van der Waals surface area contributed by atoms with E-state index in [2.05, 4.69) is 0 Å². The Kier molecular flexibility index (Phi) is 4.03. The van der Waals surface area contributed by atoms with Crippen molar-refractivity contribution in [3.63, 3.8) is 0 Å². The van der Waals surface area contributed by atoms with Gasteiger partial charge in [-0.2, -0.15) is 0 Å². The van der Waals surface area contributed by atoms with Gasteiger partial charge in [-0.05, 0) is 45.1 Å². The third-order valence-corrected chi connectivity index (χ3v) is 5.14. The lowest BCUT2D eigenvalue weighted by atomic mass is 9.89. The number of phenolic OH excluding ortho intramolecular Hbond substituents is 2. The fourth-order valence-electron chi connectivity index (χ4n) is 3.68. The predicted octanol–water partition coefficient (Wildman–Crippen LogP) is 4.31. The van der Waals surface area contributed by atoms with Gasteiger partial charge in [0.2, 0.25) is 0 Å². The molecule has 4 rings (SSSR count). The molecule has 2 N–H and O–H groups in total. The topological polar surface area (TPSA) is 85.2 Å². The van der Waals surface area contributed by atoms with Crippen molar-refractivity contribution in [2.45, 2.75) is 38.9 Å². The largest absolute Gasteiger partial charge is 0.508 e. The third kappa shape index (κ3) is 2.76. The van der Waals surface area contributed by atoms with Gasteiger partial charge in [-0.15, -0.1) is 0 Å². The van der Waals surface area contributed by atoms with Crippen molar-refractivity contribution in [2.24, 2.45) is 0 Å². The summed E-state index contributed by atoms with van der Waals surface area (Å²) in [5, 5.41) is 20.4. The summed E-state index contributed by atoms with van der Waals surface area (Å²) >= 11 is 0. The number of phenols is 2. The standard InChI is InChI=1S/C22H22O6/c1-11-19(25)18-15(24)10-17(13-6-5-12(23)9-16(13)26-4)27-21(18)14-7-8-22(2,3)28-20(11)14/h5-9,17,23,25H,10H2,1-4H3/t17-/m1/s1. The number of fused-ring (bicyclic) bond motifs is 3. The van der Waals surface area contributed by atoms with Gasteiger partial charge >= 0.3 is 0 Å². The van der Waals surface area contributed by atoms with Crippen LogP contribution in [0.5, 0.6) is 28.7 Å². The number of hydrogen-bond acceptors (Lipinski definition) is 6. The predicted molar refractivity (Wildman–Crippen MR) is 104 cm³/mol. The second-order valence-electron chi connectivity index (χ2n) is 7.62. The Balaban J connectivity index is 1.87. The molecule has 2 aromatic rings. The van der Waals surface area contributed by atoms with Crippen molar-refractivity contribution in [3.8, 4) is 28.7 Å². The summed E-state index contributed by atoms with van der Waals surface area (Å²) in [7, 11) is 1.49. The molecule has 6 nitrogen and oxygen atoms in total. The number of ketones is 1. The van der Waals surface area contributed by atoms with E-state index in [0.29, 0.717) is 33.9 Å². The molecule has 28 heavy (non-hydrogen) atoms. The highest BCUT2D eigenvalue weighted by molar-refractivity contribution is 6.05. The normalized spacial score (nSPS) is 19.3. The number of rotatable bonds is 2.